The number of carboxylic acid groups (broad SMARTS) is 1. The summed E-state index contributed by atoms with van der Waals surface area (Å²) in [4.78, 5) is 24.1. The molecule has 0 saturated carbocycles. The minimum Gasteiger partial charge on any atom is -0.477 e. The predicted octanol–water partition coefficient (Wildman–Crippen LogP) is -0.174. The number of fused-ring (bicyclic) bond motifs is 1. The molecule has 1 saturated heterocycles. The van der Waals surface area contributed by atoms with Crippen LogP contribution in [0.15, 0.2) is 10.6 Å². The van der Waals surface area contributed by atoms with Crippen molar-refractivity contribution < 1.29 is 19.8 Å². The van der Waals surface area contributed by atoms with E-state index in [0.717, 1.165) is 0 Å². The number of thioether (sulfide) groups is 1. The van der Waals surface area contributed by atoms with Gasteiger partial charge in [0.2, 0.25) is 5.91 Å². The number of amides is 1. The Balaban J connectivity index is 2.27. The number of β-lactam (4-membered cyclic amide) rings is 1. The summed E-state index contributed by atoms with van der Waals surface area (Å²) in [5.74, 6) is -1.81. The van der Waals surface area contributed by atoms with Gasteiger partial charge in [0.05, 0.1) is 12.5 Å². The normalized spacial score (nSPS) is 30.4. The smallest absolute Gasteiger partial charge is 0.353 e. The average molecular weight is 215 g/mol. The lowest BCUT2D eigenvalue weighted by Crippen LogP contribution is -2.58. The van der Waals surface area contributed by atoms with Crippen LogP contribution in [0.1, 0.15) is 6.92 Å². The highest BCUT2D eigenvalue weighted by atomic mass is 32.2. The highest BCUT2D eigenvalue weighted by Gasteiger charge is 2.54. The number of hydrogen-bond acceptors (Lipinski definition) is 4. The molecule has 1 amide bonds. The van der Waals surface area contributed by atoms with Gasteiger partial charge in [-0.2, -0.15) is 0 Å². The molecule has 1 unspecified atom stereocenters. The second-order valence-corrected chi connectivity index (χ2v) is 4.55. The summed E-state index contributed by atoms with van der Waals surface area (Å²) in [6.07, 6.45) is 0. The molecule has 0 radical (unpaired) electrons. The minimum atomic E-state index is -1.08. The molecule has 5 nitrogen and oxygen atoms in total. The zero-order chi connectivity index (χ0) is 10.5. The van der Waals surface area contributed by atoms with Gasteiger partial charge < -0.3 is 10.2 Å². The lowest BCUT2D eigenvalue weighted by atomic mass is 9.98. The number of carbonyl (C=O) groups is 2. The highest BCUT2D eigenvalue weighted by Crippen LogP contribution is 2.48. The zero-order valence-electron chi connectivity index (χ0n) is 7.43. The number of hydrogen-bond donors (Lipinski definition) is 2. The van der Waals surface area contributed by atoms with E-state index in [-0.39, 0.29) is 23.6 Å². The van der Waals surface area contributed by atoms with Crippen LogP contribution in [0.5, 0.6) is 0 Å². The van der Waals surface area contributed by atoms with Crippen LogP contribution in [0.4, 0.5) is 0 Å². The SMILES string of the molecule is CC1=C(C(=O)O)N2C(=O)C(CO)[C@H]2S1. The summed E-state index contributed by atoms with van der Waals surface area (Å²) >= 11 is 1.33. The van der Waals surface area contributed by atoms with Gasteiger partial charge in [0.15, 0.2) is 0 Å². The zero-order valence-corrected chi connectivity index (χ0v) is 8.24. The Morgan fingerprint density at radius 2 is 2.29 bits per heavy atom. The van der Waals surface area contributed by atoms with Crippen molar-refractivity contribution >= 4 is 23.6 Å². The molecule has 0 aliphatic carbocycles. The molecule has 2 rings (SSSR count). The van der Waals surface area contributed by atoms with E-state index >= 15 is 0 Å². The lowest BCUT2D eigenvalue weighted by Gasteiger charge is -2.41. The first kappa shape index (κ1) is 9.54. The third kappa shape index (κ3) is 1.01. The lowest BCUT2D eigenvalue weighted by molar-refractivity contribution is -0.153. The molecule has 2 aliphatic rings. The Kier molecular flexibility index (Phi) is 2.04. The summed E-state index contributed by atoms with van der Waals surface area (Å²) in [6, 6.07) is 0. The van der Waals surface area contributed by atoms with Crippen molar-refractivity contribution in [1.82, 2.24) is 4.90 Å². The maximum absolute atomic E-state index is 11.4. The first-order valence-electron chi connectivity index (χ1n) is 4.12. The molecule has 6 heteroatoms. The van der Waals surface area contributed by atoms with E-state index in [9.17, 15) is 9.59 Å². The van der Waals surface area contributed by atoms with E-state index in [1.165, 1.54) is 16.7 Å². The van der Waals surface area contributed by atoms with Crippen molar-refractivity contribution in [1.29, 1.82) is 0 Å². The molecule has 2 aliphatic heterocycles. The number of carbonyl (C=O) groups excluding carboxylic acids is 1. The minimum absolute atomic E-state index is 0.0645. The molecular formula is C8H9NO4S. The molecule has 0 bridgehead atoms. The maximum Gasteiger partial charge on any atom is 0.353 e. The Labute approximate surface area is 84.4 Å². The van der Waals surface area contributed by atoms with Crippen LogP contribution in [-0.2, 0) is 9.59 Å². The van der Waals surface area contributed by atoms with E-state index in [4.69, 9.17) is 10.2 Å². The second kappa shape index (κ2) is 2.99. The fraction of sp³-hybridized carbons (Fsp3) is 0.500. The van der Waals surface area contributed by atoms with Gasteiger partial charge in [-0.05, 0) is 6.92 Å². The van der Waals surface area contributed by atoms with E-state index in [2.05, 4.69) is 0 Å². The van der Waals surface area contributed by atoms with Gasteiger partial charge in [-0.1, -0.05) is 0 Å². The molecule has 0 aromatic heterocycles. The van der Waals surface area contributed by atoms with Crippen LogP contribution in [0.25, 0.3) is 0 Å². The van der Waals surface area contributed by atoms with Gasteiger partial charge in [0.1, 0.15) is 11.1 Å². The molecule has 0 aromatic rings. The van der Waals surface area contributed by atoms with Crippen molar-refractivity contribution in [3.63, 3.8) is 0 Å². The van der Waals surface area contributed by atoms with Gasteiger partial charge in [-0.3, -0.25) is 9.69 Å². The number of rotatable bonds is 2. The van der Waals surface area contributed by atoms with Gasteiger partial charge in [-0.15, -0.1) is 11.8 Å². The molecule has 14 heavy (non-hydrogen) atoms. The van der Waals surface area contributed by atoms with E-state index in [1.807, 2.05) is 0 Å². The van der Waals surface area contributed by atoms with Gasteiger partial charge in [-0.25, -0.2) is 4.79 Å². The average Bonchev–Trinajstić information content (AvgIpc) is 2.40. The van der Waals surface area contributed by atoms with Crippen LogP contribution in [-0.4, -0.2) is 39.0 Å². The number of aliphatic carboxylic acids is 1. The molecule has 1 fully saturated rings. The van der Waals surface area contributed by atoms with Gasteiger partial charge in [0, 0.05) is 4.91 Å². The summed E-state index contributed by atoms with van der Waals surface area (Å²) in [5.41, 5.74) is 0.0645. The van der Waals surface area contributed by atoms with Crippen LogP contribution in [0.2, 0.25) is 0 Å². The van der Waals surface area contributed by atoms with Crippen molar-refractivity contribution in [2.75, 3.05) is 6.61 Å². The molecule has 2 atom stereocenters. The molecule has 2 N–H and O–H groups in total. The van der Waals surface area contributed by atoms with E-state index < -0.39 is 11.9 Å². The Morgan fingerprint density at radius 3 is 2.79 bits per heavy atom. The first-order valence-corrected chi connectivity index (χ1v) is 5.00. The quantitative estimate of drug-likeness (QED) is 0.625. The van der Waals surface area contributed by atoms with Crippen LogP contribution < -0.4 is 0 Å². The van der Waals surface area contributed by atoms with Gasteiger partial charge >= 0.3 is 5.97 Å². The Morgan fingerprint density at radius 1 is 1.64 bits per heavy atom. The standard InChI is InChI=1S/C8H9NO4S/c1-3-5(8(12)13)9-6(11)4(2-10)7(9)14-3/h4,7,10H,2H2,1H3,(H,12,13)/t4?,7-/m1/s1. The number of aliphatic hydroxyl groups excluding tert-OH is 1. The third-order valence-electron chi connectivity index (χ3n) is 2.42. The van der Waals surface area contributed by atoms with E-state index in [1.54, 1.807) is 6.92 Å². The summed E-state index contributed by atoms with van der Waals surface area (Å²) in [7, 11) is 0. The number of nitrogens with zero attached hydrogens (tertiary/aromatic N) is 1. The molecular weight excluding hydrogens is 206 g/mol. The molecule has 2 heterocycles. The maximum atomic E-state index is 11.4. The summed E-state index contributed by atoms with van der Waals surface area (Å²) < 4.78 is 0. The fourth-order valence-corrected chi connectivity index (χ4v) is 3.07. The topological polar surface area (TPSA) is 77.8 Å². The molecule has 76 valence electrons. The third-order valence-corrected chi connectivity index (χ3v) is 3.75. The fourth-order valence-electron chi connectivity index (χ4n) is 1.72. The van der Waals surface area contributed by atoms with Crippen LogP contribution in [0.3, 0.4) is 0 Å². The van der Waals surface area contributed by atoms with E-state index in [0.29, 0.717) is 4.91 Å². The highest BCUT2D eigenvalue weighted by molar-refractivity contribution is 8.04. The van der Waals surface area contributed by atoms with Crippen LogP contribution in [0, 0.1) is 5.92 Å². The van der Waals surface area contributed by atoms with Crippen molar-refractivity contribution in [2.45, 2.75) is 12.3 Å². The molecule has 0 spiro atoms. The van der Waals surface area contributed by atoms with Crippen molar-refractivity contribution in [2.24, 2.45) is 5.92 Å². The first-order chi connectivity index (χ1) is 6.57. The Hall–Kier alpha value is -1.01. The number of allylic oxidation sites excluding steroid dienone is 1. The van der Waals surface area contributed by atoms with Crippen molar-refractivity contribution in [3.05, 3.63) is 10.6 Å². The largest absolute Gasteiger partial charge is 0.477 e. The molecule has 0 aromatic carbocycles. The van der Waals surface area contributed by atoms with Gasteiger partial charge in [0.25, 0.3) is 0 Å². The Bertz CT molecular complexity index is 351. The number of aliphatic hydroxyl groups is 1. The predicted molar refractivity (Wildman–Crippen MR) is 49.1 cm³/mol. The monoisotopic (exact) mass is 215 g/mol. The summed E-state index contributed by atoms with van der Waals surface area (Å²) in [6.45, 7) is 1.46. The summed E-state index contributed by atoms with van der Waals surface area (Å²) in [5, 5.41) is 17.5. The number of carboxylic acids is 1. The van der Waals surface area contributed by atoms with Crippen molar-refractivity contribution in [3.8, 4) is 0 Å². The second-order valence-electron chi connectivity index (χ2n) is 3.22. The van der Waals surface area contributed by atoms with Crippen LogP contribution >= 0.6 is 11.8 Å².